The van der Waals surface area contributed by atoms with Gasteiger partial charge < -0.3 is 9.80 Å². The summed E-state index contributed by atoms with van der Waals surface area (Å²) in [6, 6.07) is 15.6. The molecule has 1 amide bonds. The fraction of sp³-hybridized carbons (Fsp3) is 0.316. The molecule has 2 aromatic rings. The number of anilines is 1. The van der Waals surface area contributed by atoms with Gasteiger partial charge in [-0.3, -0.25) is 4.79 Å². The molecule has 0 radical (unpaired) electrons. The van der Waals surface area contributed by atoms with Crippen molar-refractivity contribution in [1.29, 1.82) is 0 Å². The molecular formula is C19H20Cl2N2OS. The van der Waals surface area contributed by atoms with Gasteiger partial charge in [0.05, 0.1) is 15.7 Å². The molecule has 3 rings (SSSR count). The summed E-state index contributed by atoms with van der Waals surface area (Å²) in [5.41, 5.74) is 1.05. The molecule has 0 aliphatic carbocycles. The second kappa shape index (κ2) is 8.84. The maximum atomic E-state index is 12.4. The third-order valence-corrected chi connectivity index (χ3v) is 6.07. The highest BCUT2D eigenvalue weighted by molar-refractivity contribution is 7.99. The van der Waals surface area contributed by atoms with E-state index in [1.54, 1.807) is 11.8 Å². The number of halogens is 2. The van der Waals surface area contributed by atoms with Crippen molar-refractivity contribution in [3.63, 3.8) is 0 Å². The first-order valence-corrected chi connectivity index (χ1v) is 10.0. The number of carbonyl (C=O) groups is 1. The van der Waals surface area contributed by atoms with Gasteiger partial charge in [0.15, 0.2) is 0 Å². The van der Waals surface area contributed by atoms with Gasteiger partial charge in [-0.2, -0.15) is 0 Å². The van der Waals surface area contributed by atoms with Gasteiger partial charge in [-0.15, -0.1) is 11.8 Å². The zero-order chi connectivity index (χ0) is 17.6. The molecule has 1 saturated heterocycles. The van der Waals surface area contributed by atoms with E-state index < -0.39 is 0 Å². The van der Waals surface area contributed by atoms with Crippen molar-refractivity contribution in [2.45, 2.75) is 11.3 Å². The Bertz CT molecular complexity index is 733. The average molecular weight is 395 g/mol. The van der Waals surface area contributed by atoms with Crippen molar-refractivity contribution < 1.29 is 4.79 Å². The first-order chi connectivity index (χ1) is 12.1. The summed E-state index contributed by atoms with van der Waals surface area (Å²) in [6.45, 7) is 3.10. The number of piperazine rings is 1. The number of amides is 1. The lowest BCUT2D eigenvalue weighted by Crippen LogP contribution is -2.49. The van der Waals surface area contributed by atoms with E-state index in [0.717, 1.165) is 52.6 Å². The van der Waals surface area contributed by atoms with Crippen LogP contribution in [0.4, 0.5) is 5.69 Å². The Hall–Kier alpha value is -1.36. The molecule has 1 heterocycles. The molecule has 132 valence electrons. The first-order valence-electron chi connectivity index (χ1n) is 8.30. The molecular weight excluding hydrogens is 375 g/mol. The van der Waals surface area contributed by atoms with Gasteiger partial charge in [0.2, 0.25) is 5.91 Å². The number of thioether (sulfide) groups is 1. The van der Waals surface area contributed by atoms with E-state index in [0.29, 0.717) is 6.42 Å². The number of hydrogen-bond acceptors (Lipinski definition) is 3. The SMILES string of the molecule is O=C(CCSc1ccccc1Cl)N1CCN(c2ccccc2Cl)CC1. The summed E-state index contributed by atoms with van der Waals surface area (Å²) in [5.74, 6) is 0.950. The standard InChI is InChI=1S/C19H20Cl2N2OS/c20-15-5-1-3-7-17(15)22-10-12-23(13-11-22)19(24)9-14-25-18-8-4-2-6-16(18)21/h1-8H,9-14H2. The van der Waals surface area contributed by atoms with Crippen molar-refractivity contribution >= 4 is 46.6 Å². The second-order valence-electron chi connectivity index (χ2n) is 5.85. The highest BCUT2D eigenvalue weighted by Crippen LogP contribution is 2.28. The lowest BCUT2D eigenvalue weighted by Gasteiger charge is -2.36. The molecule has 0 bridgehead atoms. The van der Waals surface area contributed by atoms with Crippen LogP contribution in [0.5, 0.6) is 0 Å². The molecule has 1 aliphatic rings. The predicted molar refractivity (Wildman–Crippen MR) is 107 cm³/mol. The molecule has 0 N–H and O–H groups in total. The van der Waals surface area contributed by atoms with Gasteiger partial charge in [0, 0.05) is 43.2 Å². The Kier molecular flexibility index (Phi) is 6.51. The Morgan fingerprint density at radius 1 is 0.920 bits per heavy atom. The largest absolute Gasteiger partial charge is 0.367 e. The molecule has 6 heteroatoms. The minimum Gasteiger partial charge on any atom is -0.367 e. The van der Waals surface area contributed by atoms with Gasteiger partial charge in [0.1, 0.15) is 0 Å². The average Bonchev–Trinajstić information content (AvgIpc) is 2.64. The number of hydrogen-bond donors (Lipinski definition) is 0. The Morgan fingerprint density at radius 3 is 2.24 bits per heavy atom. The van der Waals surface area contributed by atoms with Gasteiger partial charge in [-0.1, -0.05) is 47.5 Å². The quantitative estimate of drug-likeness (QED) is 0.678. The number of rotatable bonds is 5. The third kappa shape index (κ3) is 4.84. The van der Waals surface area contributed by atoms with E-state index in [9.17, 15) is 4.79 Å². The monoisotopic (exact) mass is 394 g/mol. The molecule has 0 aromatic heterocycles. The Morgan fingerprint density at radius 2 is 1.56 bits per heavy atom. The highest BCUT2D eigenvalue weighted by atomic mass is 35.5. The van der Waals surface area contributed by atoms with Crippen LogP contribution in [0.2, 0.25) is 10.0 Å². The number of nitrogens with zero attached hydrogens (tertiary/aromatic N) is 2. The van der Waals surface area contributed by atoms with Crippen LogP contribution in [-0.2, 0) is 4.79 Å². The van der Waals surface area contributed by atoms with Crippen molar-refractivity contribution in [3.05, 3.63) is 58.6 Å². The summed E-state index contributed by atoms with van der Waals surface area (Å²) < 4.78 is 0. The predicted octanol–water partition coefficient (Wildman–Crippen LogP) is 4.82. The molecule has 0 spiro atoms. The molecule has 25 heavy (non-hydrogen) atoms. The van der Waals surface area contributed by atoms with Crippen molar-refractivity contribution in [1.82, 2.24) is 4.90 Å². The number of benzene rings is 2. The van der Waals surface area contributed by atoms with Crippen LogP contribution in [0.15, 0.2) is 53.4 Å². The van der Waals surface area contributed by atoms with Gasteiger partial charge >= 0.3 is 0 Å². The Balaban J connectivity index is 1.46. The molecule has 2 aromatic carbocycles. The summed E-state index contributed by atoms with van der Waals surface area (Å²) in [7, 11) is 0. The van der Waals surface area contributed by atoms with Crippen LogP contribution >= 0.6 is 35.0 Å². The maximum Gasteiger partial charge on any atom is 0.223 e. The van der Waals surface area contributed by atoms with Gasteiger partial charge in [-0.05, 0) is 24.3 Å². The van der Waals surface area contributed by atoms with Gasteiger partial charge in [-0.25, -0.2) is 0 Å². The van der Waals surface area contributed by atoms with Crippen LogP contribution in [0.25, 0.3) is 0 Å². The summed E-state index contributed by atoms with van der Waals surface area (Å²) >= 11 is 14.0. The zero-order valence-electron chi connectivity index (χ0n) is 13.8. The zero-order valence-corrected chi connectivity index (χ0v) is 16.2. The fourth-order valence-corrected chi connectivity index (χ4v) is 4.31. The maximum absolute atomic E-state index is 12.4. The van der Waals surface area contributed by atoms with Crippen LogP contribution in [-0.4, -0.2) is 42.7 Å². The minimum atomic E-state index is 0.207. The fourth-order valence-electron chi connectivity index (χ4n) is 2.87. The molecule has 1 fully saturated rings. The third-order valence-electron chi connectivity index (χ3n) is 4.24. The Labute approximate surface area is 162 Å². The summed E-state index contributed by atoms with van der Waals surface area (Å²) in [4.78, 5) is 17.6. The molecule has 3 nitrogen and oxygen atoms in total. The van der Waals surface area contributed by atoms with E-state index in [1.165, 1.54) is 0 Å². The normalized spacial score (nSPS) is 14.6. The summed E-state index contributed by atoms with van der Waals surface area (Å²) in [6.07, 6.45) is 0.530. The van der Waals surface area contributed by atoms with E-state index in [1.807, 2.05) is 53.4 Å². The second-order valence-corrected chi connectivity index (χ2v) is 7.80. The molecule has 1 aliphatic heterocycles. The van der Waals surface area contributed by atoms with E-state index in [2.05, 4.69) is 4.90 Å². The van der Waals surface area contributed by atoms with Crippen LogP contribution < -0.4 is 4.90 Å². The lowest BCUT2D eigenvalue weighted by atomic mass is 10.2. The summed E-state index contributed by atoms with van der Waals surface area (Å²) in [5, 5.41) is 1.51. The van der Waals surface area contributed by atoms with Crippen molar-refractivity contribution in [2.24, 2.45) is 0 Å². The van der Waals surface area contributed by atoms with E-state index in [4.69, 9.17) is 23.2 Å². The lowest BCUT2D eigenvalue weighted by molar-refractivity contribution is -0.131. The number of carbonyl (C=O) groups excluding carboxylic acids is 1. The van der Waals surface area contributed by atoms with Crippen molar-refractivity contribution in [3.8, 4) is 0 Å². The number of para-hydroxylation sites is 1. The molecule has 0 saturated carbocycles. The molecule has 0 atom stereocenters. The van der Waals surface area contributed by atoms with Crippen LogP contribution in [0.3, 0.4) is 0 Å². The molecule has 0 unspecified atom stereocenters. The minimum absolute atomic E-state index is 0.207. The van der Waals surface area contributed by atoms with Crippen LogP contribution in [0.1, 0.15) is 6.42 Å². The van der Waals surface area contributed by atoms with Crippen molar-refractivity contribution in [2.75, 3.05) is 36.8 Å². The first kappa shape index (κ1) is 18.4. The van der Waals surface area contributed by atoms with Crippen LogP contribution in [0, 0.1) is 0 Å². The highest BCUT2D eigenvalue weighted by Gasteiger charge is 2.22. The smallest absolute Gasteiger partial charge is 0.223 e. The van der Waals surface area contributed by atoms with Gasteiger partial charge in [0.25, 0.3) is 0 Å². The topological polar surface area (TPSA) is 23.6 Å². The van der Waals surface area contributed by atoms with E-state index >= 15 is 0 Å². The van der Waals surface area contributed by atoms with E-state index in [-0.39, 0.29) is 5.91 Å².